The second-order valence-corrected chi connectivity index (χ2v) is 8.44. The molecule has 2 rings (SSSR count). The van der Waals surface area contributed by atoms with Crippen LogP contribution in [-0.2, 0) is 14.8 Å². The standard InChI is InChI=1S/C12H16ClNO4S2/c1-8-4-3-5-14(7-8)20(16,17)9-6-10(13)19-11(9)12(15)18-2/h6,8H,3-5,7H2,1-2H3/t8-/m1/s1. The third-order valence-electron chi connectivity index (χ3n) is 3.28. The van der Waals surface area contributed by atoms with Crippen molar-refractivity contribution in [1.82, 2.24) is 4.31 Å². The lowest BCUT2D eigenvalue weighted by molar-refractivity contribution is 0.0602. The molecule has 1 atom stereocenters. The Balaban J connectivity index is 2.41. The van der Waals surface area contributed by atoms with Crippen LogP contribution >= 0.6 is 22.9 Å². The second-order valence-electron chi connectivity index (χ2n) is 4.85. The van der Waals surface area contributed by atoms with Crippen LogP contribution in [0.3, 0.4) is 0 Å². The number of methoxy groups -OCH3 is 1. The van der Waals surface area contributed by atoms with Crippen molar-refractivity contribution in [3.05, 3.63) is 15.3 Å². The summed E-state index contributed by atoms with van der Waals surface area (Å²) in [5, 5.41) is 0. The largest absolute Gasteiger partial charge is 0.465 e. The third kappa shape index (κ3) is 3.00. The highest BCUT2D eigenvalue weighted by Crippen LogP contribution is 2.34. The molecule has 1 fully saturated rings. The maximum absolute atomic E-state index is 12.7. The van der Waals surface area contributed by atoms with Crippen molar-refractivity contribution >= 4 is 38.9 Å². The molecule has 0 N–H and O–H groups in total. The van der Waals surface area contributed by atoms with Crippen molar-refractivity contribution in [2.45, 2.75) is 24.7 Å². The molecule has 2 heterocycles. The van der Waals surface area contributed by atoms with Crippen molar-refractivity contribution in [3.8, 4) is 0 Å². The average Bonchev–Trinajstić information content (AvgIpc) is 2.80. The van der Waals surface area contributed by atoms with Crippen LogP contribution in [0.25, 0.3) is 0 Å². The first-order chi connectivity index (χ1) is 9.36. The van der Waals surface area contributed by atoms with E-state index in [0.717, 1.165) is 24.2 Å². The van der Waals surface area contributed by atoms with E-state index in [1.807, 2.05) is 6.92 Å². The van der Waals surface area contributed by atoms with Gasteiger partial charge in [0.1, 0.15) is 9.77 Å². The molecular weight excluding hydrogens is 322 g/mol. The van der Waals surface area contributed by atoms with E-state index in [1.165, 1.54) is 17.5 Å². The highest BCUT2D eigenvalue weighted by molar-refractivity contribution is 7.89. The quantitative estimate of drug-likeness (QED) is 0.795. The Bertz CT molecular complexity index is 611. The van der Waals surface area contributed by atoms with Crippen LogP contribution in [0.1, 0.15) is 29.4 Å². The Morgan fingerprint density at radius 2 is 2.25 bits per heavy atom. The molecule has 0 radical (unpaired) electrons. The summed E-state index contributed by atoms with van der Waals surface area (Å²) in [7, 11) is -2.48. The molecule has 1 aromatic rings. The minimum atomic E-state index is -3.70. The number of carbonyl (C=O) groups excluding carboxylic acids is 1. The zero-order chi connectivity index (χ0) is 14.9. The minimum Gasteiger partial charge on any atom is -0.465 e. The van der Waals surface area contributed by atoms with Crippen molar-refractivity contribution in [1.29, 1.82) is 0 Å². The molecule has 1 aliphatic heterocycles. The molecule has 1 aliphatic rings. The number of sulfonamides is 1. The maximum Gasteiger partial charge on any atom is 0.349 e. The number of ether oxygens (including phenoxy) is 1. The molecule has 1 saturated heterocycles. The van der Waals surface area contributed by atoms with Crippen LogP contribution in [0.15, 0.2) is 11.0 Å². The average molecular weight is 338 g/mol. The Labute approximate surface area is 127 Å². The van der Waals surface area contributed by atoms with Gasteiger partial charge in [0.15, 0.2) is 0 Å². The molecule has 0 amide bonds. The van der Waals surface area contributed by atoms with Gasteiger partial charge in [0, 0.05) is 13.1 Å². The summed E-state index contributed by atoms with van der Waals surface area (Å²) in [5.41, 5.74) is 0. The van der Waals surface area contributed by atoms with Gasteiger partial charge in [0.25, 0.3) is 0 Å². The summed E-state index contributed by atoms with van der Waals surface area (Å²) in [6.45, 7) is 2.96. The molecular formula is C12H16ClNO4S2. The molecule has 0 unspecified atom stereocenters. The van der Waals surface area contributed by atoms with Gasteiger partial charge in [0.2, 0.25) is 10.0 Å². The van der Waals surface area contributed by atoms with Crippen LogP contribution in [0.2, 0.25) is 4.34 Å². The van der Waals surface area contributed by atoms with Gasteiger partial charge in [-0.25, -0.2) is 13.2 Å². The van der Waals surface area contributed by atoms with Gasteiger partial charge in [-0.05, 0) is 24.8 Å². The van der Waals surface area contributed by atoms with E-state index < -0.39 is 16.0 Å². The predicted octanol–water partition coefficient (Wildman–Crippen LogP) is 2.61. The second kappa shape index (κ2) is 6.01. The number of piperidine rings is 1. The Kier molecular flexibility index (Phi) is 4.73. The SMILES string of the molecule is COC(=O)c1sc(Cl)cc1S(=O)(=O)N1CCC[C@@H](C)C1. The fraction of sp³-hybridized carbons (Fsp3) is 0.583. The number of esters is 1. The molecule has 1 aromatic heterocycles. The monoisotopic (exact) mass is 337 g/mol. The van der Waals surface area contributed by atoms with Crippen molar-refractivity contribution in [2.24, 2.45) is 5.92 Å². The molecule has 112 valence electrons. The Hall–Kier alpha value is -0.630. The highest BCUT2D eigenvalue weighted by Gasteiger charge is 2.33. The maximum atomic E-state index is 12.7. The summed E-state index contributed by atoms with van der Waals surface area (Å²) in [6.07, 6.45) is 1.84. The molecule has 0 saturated carbocycles. The molecule has 20 heavy (non-hydrogen) atoms. The van der Waals surface area contributed by atoms with E-state index in [-0.39, 0.29) is 14.1 Å². The molecule has 0 bridgehead atoms. The number of hydrogen-bond donors (Lipinski definition) is 0. The van der Waals surface area contributed by atoms with E-state index in [2.05, 4.69) is 4.74 Å². The van der Waals surface area contributed by atoms with Crippen LogP contribution < -0.4 is 0 Å². The number of carbonyl (C=O) groups is 1. The number of halogens is 1. The lowest BCUT2D eigenvalue weighted by atomic mass is 10.0. The number of hydrogen-bond acceptors (Lipinski definition) is 5. The molecule has 0 spiro atoms. The smallest absolute Gasteiger partial charge is 0.349 e. The topological polar surface area (TPSA) is 63.7 Å². The number of thiophene rings is 1. The summed E-state index contributed by atoms with van der Waals surface area (Å²) < 4.78 is 31.6. The van der Waals surface area contributed by atoms with E-state index in [4.69, 9.17) is 11.6 Å². The van der Waals surface area contributed by atoms with Crippen LogP contribution in [0.4, 0.5) is 0 Å². The fourth-order valence-corrected chi connectivity index (χ4v) is 5.58. The van der Waals surface area contributed by atoms with E-state index in [9.17, 15) is 13.2 Å². The van der Waals surface area contributed by atoms with Gasteiger partial charge in [0.05, 0.1) is 11.4 Å². The molecule has 0 aromatic carbocycles. The zero-order valence-electron chi connectivity index (χ0n) is 11.3. The number of rotatable bonds is 3. The lowest BCUT2D eigenvalue weighted by Crippen LogP contribution is -2.39. The van der Waals surface area contributed by atoms with Crippen molar-refractivity contribution in [3.63, 3.8) is 0 Å². The van der Waals surface area contributed by atoms with Gasteiger partial charge in [-0.3, -0.25) is 0 Å². The van der Waals surface area contributed by atoms with Gasteiger partial charge in [-0.15, -0.1) is 11.3 Å². The van der Waals surface area contributed by atoms with Crippen LogP contribution in [0.5, 0.6) is 0 Å². The minimum absolute atomic E-state index is 0.0377. The summed E-state index contributed by atoms with van der Waals surface area (Å²) in [4.78, 5) is 11.7. The zero-order valence-corrected chi connectivity index (χ0v) is 13.6. The first-order valence-electron chi connectivity index (χ1n) is 6.24. The summed E-state index contributed by atoms with van der Waals surface area (Å²) in [5.74, 6) is -0.361. The van der Waals surface area contributed by atoms with Gasteiger partial charge >= 0.3 is 5.97 Å². The first-order valence-corrected chi connectivity index (χ1v) is 8.87. The Morgan fingerprint density at radius 1 is 1.55 bits per heavy atom. The van der Waals surface area contributed by atoms with Crippen molar-refractivity contribution < 1.29 is 17.9 Å². The van der Waals surface area contributed by atoms with E-state index in [0.29, 0.717) is 19.0 Å². The highest BCUT2D eigenvalue weighted by atomic mass is 35.5. The Morgan fingerprint density at radius 3 is 2.85 bits per heavy atom. The first kappa shape index (κ1) is 15.8. The predicted molar refractivity (Wildman–Crippen MR) is 77.8 cm³/mol. The summed E-state index contributed by atoms with van der Waals surface area (Å²) >= 11 is 6.79. The van der Waals surface area contributed by atoms with Crippen LogP contribution in [-0.4, -0.2) is 38.9 Å². The van der Waals surface area contributed by atoms with Crippen LogP contribution in [0, 0.1) is 5.92 Å². The van der Waals surface area contributed by atoms with E-state index in [1.54, 1.807) is 0 Å². The van der Waals surface area contributed by atoms with Gasteiger partial charge < -0.3 is 4.74 Å². The van der Waals surface area contributed by atoms with E-state index >= 15 is 0 Å². The normalized spacial score (nSPS) is 20.9. The van der Waals surface area contributed by atoms with Gasteiger partial charge in [-0.2, -0.15) is 4.31 Å². The number of nitrogens with zero attached hydrogens (tertiary/aromatic N) is 1. The third-order valence-corrected chi connectivity index (χ3v) is 6.54. The van der Waals surface area contributed by atoms with Crippen molar-refractivity contribution in [2.75, 3.05) is 20.2 Å². The van der Waals surface area contributed by atoms with Gasteiger partial charge in [-0.1, -0.05) is 18.5 Å². The fourth-order valence-electron chi connectivity index (χ4n) is 2.28. The molecule has 5 nitrogen and oxygen atoms in total. The lowest BCUT2D eigenvalue weighted by Gasteiger charge is -2.29. The molecule has 8 heteroatoms. The molecule has 0 aliphatic carbocycles. The summed E-state index contributed by atoms with van der Waals surface area (Å²) in [6, 6.07) is 1.33.